The lowest BCUT2D eigenvalue weighted by Gasteiger charge is -2.20. The fourth-order valence-electron chi connectivity index (χ4n) is 1.55. The summed E-state index contributed by atoms with van der Waals surface area (Å²) in [5.41, 5.74) is 6.77. The average molecular weight is 224 g/mol. The standard InChI is InChI=1S/C12H17FN2O/c1-8-4-5-10(13)6-11(8)12(16)15(3)7-9(2)14/h4-6,9H,7,14H2,1-3H3. The molecule has 0 aliphatic rings. The molecule has 2 N–H and O–H groups in total. The van der Waals surface area contributed by atoms with Crippen LogP contribution in [-0.4, -0.2) is 30.4 Å². The van der Waals surface area contributed by atoms with Gasteiger partial charge < -0.3 is 10.6 Å². The van der Waals surface area contributed by atoms with E-state index in [1.165, 1.54) is 17.0 Å². The van der Waals surface area contributed by atoms with Crippen LogP contribution in [0.15, 0.2) is 18.2 Å². The Morgan fingerprint density at radius 2 is 2.19 bits per heavy atom. The predicted octanol–water partition coefficient (Wildman–Crippen LogP) is 1.55. The van der Waals surface area contributed by atoms with Crippen molar-refractivity contribution in [3.05, 3.63) is 35.1 Å². The first-order valence-corrected chi connectivity index (χ1v) is 5.19. The third-order valence-corrected chi connectivity index (χ3v) is 2.34. The van der Waals surface area contributed by atoms with Crippen molar-refractivity contribution in [2.24, 2.45) is 5.73 Å². The van der Waals surface area contributed by atoms with Gasteiger partial charge in [-0.15, -0.1) is 0 Å². The number of halogens is 1. The molecule has 0 saturated heterocycles. The fourth-order valence-corrected chi connectivity index (χ4v) is 1.55. The molecule has 88 valence electrons. The number of hydrogen-bond donors (Lipinski definition) is 1. The van der Waals surface area contributed by atoms with Gasteiger partial charge in [0, 0.05) is 25.2 Å². The van der Waals surface area contributed by atoms with Crippen molar-refractivity contribution >= 4 is 5.91 Å². The van der Waals surface area contributed by atoms with Crippen molar-refractivity contribution < 1.29 is 9.18 Å². The summed E-state index contributed by atoms with van der Waals surface area (Å²) in [6.45, 7) is 4.06. The van der Waals surface area contributed by atoms with Crippen molar-refractivity contribution in [3.63, 3.8) is 0 Å². The molecular formula is C12H17FN2O. The minimum absolute atomic E-state index is 0.0946. The SMILES string of the molecule is Cc1ccc(F)cc1C(=O)N(C)CC(C)N. The summed E-state index contributed by atoms with van der Waals surface area (Å²) in [7, 11) is 1.66. The van der Waals surface area contributed by atoms with Crippen molar-refractivity contribution in [2.75, 3.05) is 13.6 Å². The smallest absolute Gasteiger partial charge is 0.254 e. The maximum atomic E-state index is 13.0. The zero-order chi connectivity index (χ0) is 12.3. The molecule has 0 spiro atoms. The molecule has 0 saturated carbocycles. The van der Waals surface area contributed by atoms with E-state index in [9.17, 15) is 9.18 Å². The van der Waals surface area contributed by atoms with Gasteiger partial charge in [-0.05, 0) is 31.5 Å². The van der Waals surface area contributed by atoms with Crippen LogP contribution in [0.2, 0.25) is 0 Å². The molecule has 1 rings (SSSR count). The molecular weight excluding hydrogens is 207 g/mol. The number of likely N-dealkylation sites (N-methyl/N-ethyl adjacent to an activating group) is 1. The summed E-state index contributed by atoms with van der Waals surface area (Å²) >= 11 is 0. The Hall–Kier alpha value is -1.42. The Morgan fingerprint density at radius 1 is 1.56 bits per heavy atom. The molecule has 1 aromatic rings. The lowest BCUT2D eigenvalue weighted by atomic mass is 10.1. The maximum absolute atomic E-state index is 13.0. The zero-order valence-corrected chi connectivity index (χ0v) is 9.83. The van der Waals surface area contributed by atoms with Crippen LogP contribution in [0.25, 0.3) is 0 Å². The maximum Gasteiger partial charge on any atom is 0.254 e. The molecule has 0 heterocycles. The van der Waals surface area contributed by atoms with E-state index in [0.29, 0.717) is 12.1 Å². The van der Waals surface area contributed by atoms with Gasteiger partial charge in [-0.1, -0.05) is 6.07 Å². The van der Waals surface area contributed by atoms with Gasteiger partial charge in [-0.3, -0.25) is 4.79 Å². The minimum Gasteiger partial charge on any atom is -0.340 e. The topological polar surface area (TPSA) is 46.3 Å². The van der Waals surface area contributed by atoms with Gasteiger partial charge in [0.25, 0.3) is 5.91 Å². The Labute approximate surface area is 95.0 Å². The number of nitrogens with zero attached hydrogens (tertiary/aromatic N) is 1. The number of carbonyl (C=O) groups excluding carboxylic acids is 1. The van der Waals surface area contributed by atoms with Crippen molar-refractivity contribution in [1.82, 2.24) is 4.90 Å². The molecule has 0 fully saturated rings. The molecule has 3 nitrogen and oxygen atoms in total. The zero-order valence-electron chi connectivity index (χ0n) is 9.83. The minimum atomic E-state index is -0.400. The Bertz CT molecular complexity index is 391. The summed E-state index contributed by atoms with van der Waals surface area (Å²) in [4.78, 5) is 13.5. The van der Waals surface area contributed by atoms with Gasteiger partial charge in [0.2, 0.25) is 0 Å². The van der Waals surface area contributed by atoms with E-state index in [-0.39, 0.29) is 11.9 Å². The highest BCUT2D eigenvalue weighted by molar-refractivity contribution is 5.95. The molecule has 16 heavy (non-hydrogen) atoms. The highest BCUT2D eigenvalue weighted by Gasteiger charge is 2.15. The Morgan fingerprint density at radius 3 is 2.75 bits per heavy atom. The fraction of sp³-hybridized carbons (Fsp3) is 0.417. The summed E-state index contributed by atoms with van der Waals surface area (Å²) in [6.07, 6.45) is 0. The van der Waals surface area contributed by atoms with Gasteiger partial charge in [-0.25, -0.2) is 4.39 Å². The van der Waals surface area contributed by atoms with Gasteiger partial charge >= 0.3 is 0 Å². The van der Waals surface area contributed by atoms with Crippen LogP contribution in [0.3, 0.4) is 0 Å². The quantitative estimate of drug-likeness (QED) is 0.846. The van der Waals surface area contributed by atoms with E-state index in [0.717, 1.165) is 5.56 Å². The highest BCUT2D eigenvalue weighted by Crippen LogP contribution is 2.12. The van der Waals surface area contributed by atoms with Gasteiger partial charge in [0.15, 0.2) is 0 Å². The summed E-state index contributed by atoms with van der Waals surface area (Å²) in [6, 6.07) is 4.11. The van der Waals surface area contributed by atoms with E-state index in [2.05, 4.69) is 0 Å². The molecule has 0 radical (unpaired) electrons. The highest BCUT2D eigenvalue weighted by atomic mass is 19.1. The lowest BCUT2D eigenvalue weighted by Crippen LogP contribution is -2.37. The molecule has 1 aromatic carbocycles. The van der Waals surface area contributed by atoms with E-state index in [1.54, 1.807) is 20.0 Å². The molecule has 4 heteroatoms. The summed E-state index contributed by atoms with van der Waals surface area (Å²) < 4.78 is 13.0. The van der Waals surface area contributed by atoms with Crippen LogP contribution in [0.4, 0.5) is 4.39 Å². The first-order valence-electron chi connectivity index (χ1n) is 5.19. The molecule has 0 aliphatic carbocycles. The van der Waals surface area contributed by atoms with Crippen LogP contribution in [0.1, 0.15) is 22.8 Å². The molecule has 0 aromatic heterocycles. The third kappa shape index (κ3) is 3.03. The van der Waals surface area contributed by atoms with Gasteiger partial charge in [-0.2, -0.15) is 0 Å². The number of carbonyl (C=O) groups is 1. The number of benzene rings is 1. The van der Waals surface area contributed by atoms with Crippen molar-refractivity contribution in [2.45, 2.75) is 19.9 Å². The second kappa shape index (κ2) is 5.07. The van der Waals surface area contributed by atoms with E-state index < -0.39 is 5.82 Å². The predicted molar refractivity (Wildman–Crippen MR) is 61.7 cm³/mol. The van der Waals surface area contributed by atoms with Crippen LogP contribution in [0, 0.1) is 12.7 Å². The first kappa shape index (κ1) is 12.6. The molecule has 1 unspecified atom stereocenters. The first-order chi connectivity index (χ1) is 7.41. The molecule has 1 amide bonds. The Balaban J connectivity index is 2.91. The van der Waals surface area contributed by atoms with Crippen LogP contribution in [-0.2, 0) is 0 Å². The molecule has 0 bridgehead atoms. The largest absolute Gasteiger partial charge is 0.340 e. The lowest BCUT2D eigenvalue weighted by molar-refractivity contribution is 0.0787. The average Bonchev–Trinajstić information content (AvgIpc) is 2.19. The van der Waals surface area contributed by atoms with E-state index in [1.807, 2.05) is 6.92 Å². The van der Waals surface area contributed by atoms with Crippen LogP contribution in [0.5, 0.6) is 0 Å². The number of aryl methyl sites for hydroxylation is 1. The van der Waals surface area contributed by atoms with E-state index in [4.69, 9.17) is 5.73 Å². The Kier molecular flexibility index (Phi) is 4.01. The van der Waals surface area contributed by atoms with Gasteiger partial charge in [0.05, 0.1) is 0 Å². The number of nitrogens with two attached hydrogens (primary N) is 1. The number of hydrogen-bond acceptors (Lipinski definition) is 2. The molecule has 1 atom stereocenters. The van der Waals surface area contributed by atoms with Crippen molar-refractivity contribution in [1.29, 1.82) is 0 Å². The summed E-state index contributed by atoms with van der Waals surface area (Å²) in [5, 5.41) is 0. The van der Waals surface area contributed by atoms with Gasteiger partial charge in [0.1, 0.15) is 5.82 Å². The number of rotatable bonds is 3. The third-order valence-electron chi connectivity index (χ3n) is 2.34. The van der Waals surface area contributed by atoms with Crippen molar-refractivity contribution in [3.8, 4) is 0 Å². The van der Waals surface area contributed by atoms with Crippen LogP contribution >= 0.6 is 0 Å². The normalized spacial score (nSPS) is 12.3. The second-order valence-corrected chi connectivity index (χ2v) is 4.12. The second-order valence-electron chi connectivity index (χ2n) is 4.12. The molecule has 0 aliphatic heterocycles. The van der Waals surface area contributed by atoms with Crippen LogP contribution < -0.4 is 5.73 Å². The number of amides is 1. The van der Waals surface area contributed by atoms with E-state index >= 15 is 0 Å². The summed E-state index contributed by atoms with van der Waals surface area (Å²) in [5.74, 6) is -0.600. The monoisotopic (exact) mass is 224 g/mol.